The van der Waals surface area contributed by atoms with E-state index in [-0.39, 0.29) is 11.0 Å². The van der Waals surface area contributed by atoms with Crippen molar-refractivity contribution in [1.82, 2.24) is 0 Å². The molecule has 2 heterocycles. The lowest BCUT2D eigenvalue weighted by Crippen LogP contribution is -2.67. The second-order valence-corrected chi connectivity index (χ2v) is 9.03. The molecule has 0 saturated carbocycles. The van der Waals surface area contributed by atoms with E-state index in [2.05, 4.69) is 117 Å². The van der Waals surface area contributed by atoms with Gasteiger partial charge in [0.25, 0.3) is 0 Å². The number of hydrogen-bond acceptors (Lipinski definition) is 0. The fraction of sp³-hybridized carbons (Fsp3) is 0.276. The van der Waals surface area contributed by atoms with Crippen molar-refractivity contribution in [1.29, 1.82) is 0 Å². The van der Waals surface area contributed by atoms with E-state index in [1.165, 1.54) is 38.7 Å². The van der Waals surface area contributed by atoms with Crippen LogP contribution in [0.3, 0.4) is 0 Å². The molecule has 0 aliphatic carbocycles. The summed E-state index contributed by atoms with van der Waals surface area (Å²) in [5.41, 5.74) is 6.85. The summed E-state index contributed by atoms with van der Waals surface area (Å²) in [7, 11) is 0. The summed E-state index contributed by atoms with van der Waals surface area (Å²) in [6.07, 6.45) is 4.62. The van der Waals surface area contributed by atoms with Crippen LogP contribution >= 0.6 is 0 Å². The van der Waals surface area contributed by atoms with Crippen molar-refractivity contribution in [3.05, 3.63) is 90.6 Å². The summed E-state index contributed by atoms with van der Waals surface area (Å²) in [5.74, 6) is 0. The third-order valence-corrected chi connectivity index (χ3v) is 7.95. The first-order chi connectivity index (χ1) is 14.5. The fourth-order valence-electron chi connectivity index (χ4n) is 5.69. The maximum atomic E-state index is 2.61. The summed E-state index contributed by atoms with van der Waals surface area (Å²) in [5, 5.41) is 2.66. The Bertz CT molecular complexity index is 1240. The van der Waals surface area contributed by atoms with Gasteiger partial charge < -0.3 is 0 Å². The van der Waals surface area contributed by atoms with Crippen LogP contribution in [0.25, 0.3) is 33.2 Å². The van der Waals surface area contributed by atoms with Crippen LogP contribution in [0.2, 0.25) is 0 Å². The molecule has 4 aromatic rings. The molecule has 3 aromatic carbocycles. The molecule has 0 radical (unpaired) electrons. The maximum Gasteiger partial charge on any atom is 0.221 e. The van der Waals surface area contributed by atoms with Crippen LogP contribution in [0, 0.1) is 0 Å². The number of fused-ring (bicyclic) bond motifs is 5. The molecular formula is C29H30N+. The molecule has 30 heavy (non-hydrogen) atoms. The van der Waals surface area contributed by atoms with Crippen molar-refractivity contribution in [2.45, 2.75) is 51.5 Å². The van der Waals surface area contributed by atoms with E-state index >= 15 is 0 Å². The van der Waals surface area contributed by atoms with Gasteiger partial charge in [-0.15, -0.1) is 0 Å². The highest BCUT2D eigenvalue weighted by atomic mass is 15.1. The fourth-order valence-corrected chi connectivity index (χ4v) is 5.69. The van der Waals surface area contributed by atoms with Crippen LogP contribution in [0.5, 0.6) is 0 Å². The van der Waals surface area contributed by atoms with Gasteiger partial charge in [-0.3, -0.25) is 0 Å². The first-order valence-electron chi connectivity index (χ1n) is 11.2. The highest BCUT2D eigenvalue weighted by Gasteiger charge is 2.56. The number of rotatable bonds is 3. The Morgan fingerprint density at radius 1 is 0.667 bits per heavy atom. The molecule has 0 spiro atoms. The first kappa shape index (κ1) is 19.1. The minimum atomic E-state index is -0.0149. The molecule has 1 nitrogen and oxygen atoms in total. The Balaban J connectivity index is 1.99. The standard InChI is InChI=1S/C29H30N/c1-5-28(3)26-19-13-12-18-24(26)27-23-17-11-10-16-22(23)25(21-14-8-7-9-15-21)20-30(27)29(28,4)6-2/h7-20H,5-6H2,1-4H3/q+1. The normalized spacial score (nSPS) is 22.5. The number of pyridine rings is 1. The van der Waals surface area contributed by atoms with E-state index in [1.54, 1.807) is 0 Å². The van der Waals surface area contributed by atoms with Gasteiger partial charge in [0, 0.05) is 18.7 Å². The molecule has 150 valence electrons. The summed E-state index contributed by atoms with van der Waals surface area (Å²) in [4.78, 5) is 0. The topological polar surface area (TPSA) is 3.88 Å². The van der Waals surface area contributed by atoms with Crippen LogP contribution in [-0.4, -0.2) is 0 Å². The smallest absolute Gasteiger partial charge is 0.191 e. The van der Waals surface area contributed by atoms with Crippen LogP contribution in [0.1, 0.15) is 46.1 Å². The van der Waals surface area contributed by atoms with Crippen molar-refractivity contribution in [2.24, 2.45) is 0 Å². The number of aromatic nitrogens is 1. The highest BCUT2D eigenvalue weighted by molar-refractivity contribution is 6.02. The van der Waals surface area contributed by atoms with Crippen LogP contribution < -0.4 is 4.57 Å². The van der Waals surface area contributed by atoms with Gasteiger partial charge in [0.2, 0.25) is 5.69 Å². The Labute approximate surface area is 180 Å². The average Bonchev–Trinajstić information content (AvgIpc) is 2.82. The molecule has 1 aliphatic rings. The highest BCUT2D eigenvalue weighted by Crippen LogP contribution is 2.51. The minimum Gasteiger partial charge on any atom is -0.191 e. The Kier molecular flexibility index (Phi) is 4.32. The molecule has 1 heteroatoms. The lowest BCUT2D eigenvalue weighted by Gasteiger charge is -2.46. The minimum absolute atomic E-state index is 0.0149. The summed E-state index contributed by atoms with van der Waals surface area (Å²) in [6.45, 7) is 9.60. The molecule has 1 aliphatic heterocycles. The second-order valence-electron chi connectivity index (χ2n) is 9.03. The molecule has 0 fully saturated rings. The summed E-state index contributed by atoms with van der Waals surface area (Å²) < 4.78 is 2.61. The predicted octanol–water partition coefficient (Wildman–Crippen LogP) is 7.27. The third kappa shape index (κ3) is 2.38. The Morgan fingerprint density at radius 3 is 2.00 bits per heavy atom. The number of nitrogens with zero attached hydrogens (tertiary/aromatic N) is 1. The molecular weight excluding hydrogens is 362 g/mol. The van der Waals surface area contributed by atoms with Crippen LogP contribution in [-0.2, 0) is 11.0 Å². The monoisotopic (exact) mass is 392 g/mol. The molecule has 0 bridgehead atoms. The molecule has 5 rings (SSSR count). The number of benzene rings is 3. The van der Waals surface area contributed by atoms with E-state index < -0.39 is 0 Å². The first-order valence-corrected chi connectivity index (χ1v) is 11.2. The third-order valence-electron chi connectivity index (χ3n) is 7.95. The van der Waals surface area contributed by atoms with Crippen molar-refractivity contribution >= 4 is 10.8 Å². The van der Waals surface area contributed by atoms with Crippen molar-refractivity contribution in [3.63, 3.8) is 0 Å². The van der Waals surface area contributed by atoms with Crippen molar-refractivity contribution in [2.75, 3.05) is 0 Å². The van der Waals surface area contributed by atoms with Gasteiger partial charge in [-0.1, -0.05) is 80.6 Å². The quantitative estimate of drug-likeness (QED) is 0.323. The molecule has 2 unspecified atom stereocenters. The van der Waals surface area contributed by atoms with Gasteiger partial charge >= 0.3 is 0 Å². The van der Waals surface area contributed by atoms with E-state index in [0.717, 1.165) is 12.8 Å². The lowest BCUT2D eigenvalue weighted by atomic mass is 9.60. The van der Waals surface area contributed by atoms with Gasteiger partial charge in [0.05, 0.1) is 21.9 Å². The molecule has 0 amide bonds. The van der Waals surface area contributed by atoms with E-state index in [9.17, 15) is 0 Å². The lowest BCUT2D eigenvalue weighted by molar-refractivity contribution is -0.763. The molecule has 2 atom stereocenters. The average molecular weight is 393 g/mol. The second kappa shape index (κ2) is 6.80. The zero-order chi connectivity index (χ0) is 20.9. The van der Waals surface area contributed by atoms with Crippen LogP contribution in [0.15, 0.2) is 85.1 Å². The van der Waals surface area contributed by atoms with E-state index in [0.29, 0.717) is 0 Å². The number of hydrogen-bond donors (Lipinski definition) is 0. The summed E-state index contributed by atoms with van der Waals surface area (Å²) in [6, 6.07) is 28.8. The van der Waals surface area contributed by atoms with Crippen molar-refractivity contribution < 1.29 is 4.57 Å². The van der Waals surface area contributed by atoms with Crippen LogP contribution in [0.4, 0.5) is 0 Å². The maximum absolute atomic E-state index is 2.61. The zero-order valence-electron chi connectivity index (χ0n) is 18.4. The summed E-state index contributed by atoms with van der Waals surface area (Å²) >= 11 is 0. The van der Waals surface area contributed by atoms with Gasteiger partial charge in [0.15, 0.2) is 11.7 Å². The SMILES string of the molecule is CCC1(C)c2ccccc2-c2c3ccccc3c(-c3ccccc3)c[n+]2C1(C)CC. The predicted molar refractivity (Wildman–Crippen MR) is 127 cm³/mol. The largest absolute Gasteiger partial charge is 0.221 e. The zero-order valence-corrected chi connectivity index (χ0v) is 18.4. The Hall–Kier alpha value is -2.93. The van der Waals surface area contributed by atoms with Gasteiger partial charge in [-0.25, -0.2) is 0 Å². The van der Waals surface area contributed by atoms with Crippen molar-refractivity contribution in [3.8, 4) is 22.4 Å². The van der Waals surface area contributed by atoms with Gasteiger partial charge in [-0.05, 0) is 36.6 Å². The molecule has 0 N–H and O–H groups in total. The van der Waals surface area contributed by atoms with Gasteiger partial charge in [-0.2, -0.15) is 4.57 Å². The molecule has 0 saturated heterocycles. The Morgan fingerprint density at radius 2 is 1.30 bits per heavy atom. The van der Waals surface area contributed by atoms with E-state index in [1.807, 2.05) is 0 Å². The van der Waals surface area contributed by atoms with Gasteiger partial charge in [0.1, 0.15) is 0 Å². The molecule has 1 aromatic heterocycles. The van der Waals surface area contributed by atoms with E-state index in [4.69, 9.17) is 0 Å².